The lowest BCUT2D eigenvalue weighted by molar-refractivity contribution is -0.118. The summed E-state index contributed by atoms with van der Waals surface area (Å²) < 4.78 is 33.2. The van der Waals surface area contributed by atoms with Gasteiger partial charge in [0.2, 0.25) is 5.91 Å². The van der Waals surface area contributed by atoms with E-state index < -0.39 is 16.1 Å². The van der Waals surface area contributed by atoms with E-state index in [9.17, 15) is 13.2 Å². The first-order valence-electron chi connectivity index (χ1n) is 7.14. The lowest BCUT2D eigenvalue weighted by Crippen LogP contribution is -2.41. The first-order valence-corrected chi connectivity index (χ1v) is 10.2. The van der Waals surface area contributed by atoms with Crippen LogP contribution in [0.1, 0.15) is 6.42 Å². The zero-order valence-corrected chi connectivity index (χ0v) is 15.9. The van der Waals surface area contributed by atoms with Gasteiger partial charge in [0.1, 0.15) is 16.0 Å². The number of rotatable bonds is 5. The number of sulfonamides is 1. The van der Waals surface area contributed by atoms with Crippen molar-refractivity contribution in [1.29, 1.82) is 0 Å². The molecule has 1 amide bonds. The van der Waals surface area contributed by atoms with E-state index in [0.717, 1.165) is 20.8 Å². The van der Waals surface area contributed by atoms with Gasteiger partial charge in [-0.2, -0.15) is 4.72 Å². The van der Waals surface area contributed by atoms with Crippen LogP contribution in [0.2, 0.25) is 0 Å². The lowest BCUT2D eigenvalue weighted by atomic mass is 10.2. The molecule has 1 aliphatic rings. The average Bonchev–Trinajstić information content (AvgIpc) is 3.15. The van der Waals surface area contributed by atoms with Gasteiger partial charge in [0.05, 0.1) is 10.9 Å². The molecule has 128 valence electrons. The normalized spacial score (nSPS) is 18.2. The summed E-state index contributed by atoms with van der Waals surface area (Å²) >= 11 is 4.35. The molecule has 1 aliphatic heterocycles. The van der Waals surface area contributed by atoms with Crippen LogP contribution < -0.4 is 14.4 Å². The summed E-state index contributed by atoms with van der Waals surface area (Å²) in [6.07, 6.45) is 0.427. The number of nitrogens with zero attached hydrogens (tertiary/aromatic N) is 1. The number of halogens is 1. The molecule has 3 rings (SSSR count). The number of carbonyl (C=O) groups excluding carboxylic acids is 1. The third kappa shape index (κ3) is 3.49. The third-order valence-electron chi connectivity index (χ3n) is 3.70. The molecule has 0 bridgehead atoms. The molecule has 1 saturated heterocycles. The van der Waals surface area contributed by atoms with E-state index in [2.05, 4.69) is 20.7 Å². The second kappa shape index (κ2) is 6.83. The predicted octanol–water partition coefficient (Wildman–Crippen LogP) is 2.60. The highest BCUT2D eigenvalue weighted by Gasteiger charge is 2.36. The van der Waals surface area contributed by atoms with Crippen molar-refractivity contribution < 1.29 is 17.9 Å². The fourth-order valence-corrected chi connectivity index (χ4v) is 5.75. The van der Waals surface area contributed by atoms with Crippen molar-refractivity contribution >= 4 is 48.9 Å². The van der Waals surface area contributed by atoms with Gasteiger partial charge in [-0.3, -0.25) is 4.79 Å². The number of hydrogen-bond acceptors (Lipinski definition) is 5. The van der Waals surface area contributed by atoms with Gasteiger partial charge in [-0.05, 0) is 58.7 Å². The van der Waals surface area contributed by atoms with Crippen LogP contribution in [0.5, 0.6) is 5.75 Å². The molecule has 0 spiro atoms. The van der Waals surface area contributed by atoms with Gasteiger partial charge >= 0.3 is 0 Å². The first kappa shape index (κ1) is 17.4. The van der Waals surface area contributed by atoms with Crippen molar-refractivity contribution in [3.05, 3.63) is 40.2 Å². The average molecular weight is 431 g/mol. The van der Waals surface area contributed by atoms with Crippen LogP contribution in [-0.2, 0) is 14.8 Å². The van der Waals surface area contributed by atoms with Crippen molar-refractivity contribution in [2.75, 3.05) is 18.6 Å². The second-order valence-corrected chi connectivity index (χ2v) is 9.61. The monoisotopic (exact) mass is 430 g/mol. The maximum absolute atomic E-state index is 12.5. The van der Waals surface area contributed by atoms with E-state index in [0.29, 0.717) is 18.7 Å². The van der Waals surface area contributed by atoms with E-state index in [4.69, 9.17) is 4.74 Å². The third-order valence-corrected chi connectivity index (χ3v) is 7.29. The summed E-state index contributed by atoms with van der Waals surface area (Å²) in [6.45, 7) is 0.465. The van der Waals surface area contributed by atoms with Crippen LogP contribution >= 0.6 is 27.3 Å². The van der Waals surface area contributed by atoms with Gasteiger partial charge in [0.15, 0.2) is 0 Å². The van der Waals surface area contributed by atoms with Gasteiger partial charge in [-0.1, -0.05) is 0 Å². The van der Waals surface area contributed by atoms with Gasteiger partial charge in [-0.25, -0.2) is 8.42 Å². The summed E-state index contributed by atoms with van der Waals surface area (Å²) in [6, 6.07) is 9.52. The highest BCUT2D eigenvalue weighted by molar-refractivity contribution is 9.11. The molecular weight excluding hydrogens is 416 g/mol. The number of carbonyl (C=O) groups is 1. The Morgan fingerprint density at radius 3 is 2.54 bits per heavy atom. The molecule has 2 heterocycles. The zero-order chi connectivity index (χ0) is 17.3. The fraction of sp³-hybridized carbons (Fsp3) is 0.267. The molecule has 2 aromatic rings. The summed E-state index contributed by atoms with van der Waals surface area (Å²) in [5.74, 6) is 0.449. The van der Waals surface area contributed by atoms with Crippen LogP contribution in [0, 0.1) is 0 Å². The van der Waals surface area contributed by atoms with Crippen molar-refractivity contribution in [2.45, 2.75) is 16.7 Å². The Morgan fingerprint density at radius 2 is 1.96 bits per heavy atom. The molecule has 1 fully saturated rings. The summed E-state index contributed by atoms with van der Waals surface area (Å²) in [5.41, 5.74) is 0.723. The largest absolute Gasteiger partial charge is 0.497 e. The minimum atomic E-state index is -3.70. The molecule has 1 N–H and O–H groups in total. The maximum atomic E-state index is 12.5. The Labute approximate surface area is 152 Å². The fourth-order valence-electron chi connectivity index (χ4n) is 2.50. The van der Waals surface area contributed by atoms with Crippen molar-refractivity contribution in [3.63, 3.8) is 0 Å². The smallest absolute Gasteiger partial charge is 0.250 e. The van der Waals surface area contributed by atoms with Crippen molar-refractivity contribution in [3.8, 4) is 5.75 Å². The minimum absolute atomic E-state index is 0.185. The number of hydrogen-bond donors (Lipinski definition) is 1. The molecular formula is C15H15BrN2O4S2. The Bertz CT molecular complexity index is 849. The van der Waals surface area contributed by atoms with Gasteiger partial charge < -0.3 is 9.64 Å². The number of benzene rings is 1. The van der Waals surface area contributed by atoms with Crippen molar-refractivity contribution in [2.24, 2.45) is 0 Å². The predicted molar refractivity (Wildman–Crippen MR) is 96.1 cm³/mol. The Kier molecular flexibility index (Phi) is 4.95. The number of thiophene rings is 1. The molecule has 9 heteroatoms. The van der Waals surface area contributed by atoms with E-state index in [1.165, 1.54) is 6.07 Å². The first-order chi connectivity index (χ1) is 11.4. The Balaban J connectivity index is 1.74. The SMILES string of the molecule is COc1ccc(N2CCC(NS(=O)(=O)c3ccc(Br)s3)C2=O)cc1. The number of amides is 1. The topological polar surface area (TPSA) is 75.7 Å². The zero-order valence-electron chi connectivity index (χ0n) is 12.7. The molecule has 6 nitrogen and oxygen atoms in total. The highest BCUT2D eigenvalue weighted by Crippen LogP contribution is 2.28. The molecule has 1 aromatic heterocycles. The Morgan fingerprint density at radius 1 is 1.25 bits per heavy atom. The number of anilines is 1. The van der Waals surface area contributed by atoms with Gasteiger partial charge in [0, 0.05) is 12.2 Å². The van der Waals surface area contributed by atoms with Crippen LogP contribution in [0.4, 0.5) is 5.69 Å². The molecule has 1 atom stereocenters. The highest BCUT2D eigenvalue weighted by atomic mass is 79.9. The van der Waals surface area contributed by atoms with Crippen LogP contribution in [0.3, 0.4) is 0 Å². The molecule has 0 aliphatic carbocycles. The molecule has 24 heavy (non-hydrogen) atoms. The van der Waals surface area contributed by atoms with Crippen LogP contribution in [0.15, 0.2) is 44.4 Å². The van der Waals surface area contributed by atoms with E-state index in [-0.39, 0.29) is 10.1 Å². The minimum Gasteiger partial charge on any atom is -0.497 e. The molecule has 0 saturated carbocycles. The van der Waals surface area contributed by atoms with Crippen LogP contribution in [-0.4, -0.2) is 34.0 Å². The summed E-state index contributed by atoms with van der Waals surface area (Å²) in [5, 5.41) is 0. The summed E-state index contributed by atoms with van der Waals surface area (Å²) in [4.78, 5) is 14.1. The Hall–Kier alpha value is -1.42. The van der Waals surface area contributed by atoms with Crippen LogP contribution in [0.25, 0.3) is 0 Å². The maximum Gasteiger partial charge on any atom is 0.250 e. The quantitative estimate of drug-likeness (QED) is 0.790. The second-order valence-electron chi connectivity index (χ2n) is 5.21. The number of methoxy groups -OCH3 is 1. The number of nitrogens with one attached hydrogen (secondary N) is 1. The lowest BCUT2D eigenvalue weighted by Gasteiger charge is -2.17. The molecule has 1 aromatic carbocycles. The van der Waals surface area contributed by atoms with E-state index in [1.54, 1.807) is 42.3 Å². The summed E-state index contributed by atoms with van der Waals surface area (Å²) in [7, 11) is -2.13. The standard InChI is InChI=1S/C15H15BrN2O4S2/c1-22-11-4-2-10(3-5-11)18-9-8-12(15(18)19)17-24(20,21)14-7-6-13(16)23-14/h2-7,12,17H,8-9H2,1H3. The van der Waals surface area contributed by atoms with E-state index in [1.807, 2.05) is 0 Å². The molecule has 1 unspecified atom stereocenters. The van der Waals surface area contributed by atoms with Crippen molar-refractivity contribution in [1.82, 2.24) is 4.72 Å². The molecule has 0 radical (unpaired) electrons. The number of ether oxygens (including phenoxy) is 1. The van der Waals surface area contributed by atoms with E-state index >= 15 is 0 Å². The van der Waals surface area contributed by atoms with Gasteiger partial charge in [0.25, 0.3) is 10.0 Å². The van der Waals surface area contributed by atoms with Gasteiger partial charge in [-0.15, -0.1) is 11.3 Å².